The van der Waals surface area contributed by atoms with E-state index in [2.05, 4.69) is 18.3 Å². The molecule has 0 aromatic rings. The van der Waals surface area contributed by atoms with Gasteiger partial charge >= 0.3 is 11.9 Å². The van der Waals surface area contributed by atoms with Crippen molar-refractivity contribution in [1.29, 1.82) is 0 Å². The second-order valence-corrected chi connectivity index (χ2v) is 11.4. The highest BCUT2D eigenvalue weighted by Gasteiger charge is 2.56. The summed E-state index contributed by atoms with van der Waals surface area (Å²) in [6.07, 6.45) is 11.4. The summed E-state index contributed by atoms with van der Waals surface area (Å²) in [4.78, 5) is 35.1. The lowest BCUT2D eigenvalue weighted by atomic mass is 9.84. The van der Waals surface area contributed by atoms with Crippen molar-refractivity contribution in [2.24, 2.45) is 11.3 Å². The summed E-state index contributed by atoms with van der Waals surface area (Å²) in [5, 5.41) is 13.9. The molecule has 0 aromatic carbocycles. The Morgan fingerprint density at radius 3 is 2.51 bits per heavy atom. The molecular formula is C30H45NO8. The maximum atomic E-state index is 12.3. The van der Waals surface area contributed by atoms with E-state index < -0.39 is 24.3 Å². The average molecular weight is 548 g/mol. The van der Waals surface area contributed by atoms with Crippen LogP contribution in [0.4, 0.5) is 0 Å². The average Bonchev–Trinajstić information content (AvgIpc) is 3.64. The van der Waals surface area contributed by atoms with Gasteiger partial charge in [0.15, 0.2) is 0 Å². The molecule has 2 saturated heterocycles. The topological polar surface area (TPSA) is 120 Å². The molecule has 1 amide bonds. The van der Waals surface area contributed by atoms with Crippen molar-refractivity contribution >= 4 is 17.8 Å². The summed E-state index contributed by atoms with van der Waals surface area (Å²) >= 11 is 0. The smallest absolute Gasteiger partial charge is 0.308 e. The van der Waals surface area contributed by atoms with Crippen molar-refractivity contribution in [3.63, 3.8) is 0 Å². The van der Waals surface area contributed by atoms with Gasteiger partial charge in [-0.25, -0.2) is 0 Å². The molecule has 2 heterocycles. The Morgan fingerprint density at radius 2 is 1.87 bits per heavy atom. The Hall–Kier alpha value is -2.49. The summed E-state index contributed by atoms with van der Waals surface area (Å²) in [6, 6.07) is -0.111. The lowest BCUT2D eigenvalue weighted by Crippen LogP contribution is -2.50. The monoisotopic (exact) mass is 547 g/mol. The third-order valence-electron chi connectivity index (χ3n) is 8.07. The summed E-state index contributed by atoms with van der Waals surface area (Å²) in [5.41, 5.74) is 0.893. The molecule has 0 radical (unpaired) electrons. The molecule has 3 aliphatic rings. The van der Waals surface area contributed by atoms with Crippen LogP contribution in [-0.2, 0) is 33.3 Å². The molecule has 218 valence electrons. The molecule has 1 saturated carbocycles. The number of hydrogen-bond acceptors (Lipinski definition) is 8. The van der Waals surface area contributed by atoms with Crippen LogP contribution < -0.4 is 5.32 Å². The first kappa shape index (κ1) is 31.0. The number of hydrogen-bond donors (Lipinski definition) is 2. The van der Waals surface area contributed by atoms with Gasteiger partial charge in [0, 0.05) is 18.4 Å². The van der Waals surface area contributed by atoms with Crippen molar-refractivity contribution in [1.82, 2.24) is 5.32 Å². The fourth-order valence-electron chi connectivity index (χ4n) is 5.55. The van der Waals surface area contributed by atoms with Gasteiger partial charge in [-0.1, -0.05) is 30.7 Å². The van der Waals surface area contributed by atoms with Crippen LogP contribution >= 0.6 is 0 Å². The van der Waals surface area contributed by atoms with E-state index in [-0.39, 0.29) is 54.0 Å². The Balaban J connectivity index is 1.50. The van der Waals surface area contributed by atoms with E-state index in [0.29, 0.717) is 6.42 Å². The third-order valence-corrected chi connectivity index (χ3v) is 8.07. The molecule has 1 aliphatic carbocycles. The molecule has 0 aromatic heterocycles. The van der Waals surface area contributed by atoms with E-state index in [9.17, 15) is 19.5 Å². The lowest BCUT2D eigenvalue weighted by Gasteiger charge is -2.39. The fraction of sp³-hybridized carbons (Fsp3) is 0.700. The number of amides is 1. The van der Waals surface area contributed by atoms with Crippen LogP contribution in [0.15, 0.2) is 36.0 Å². The number of carbonyl (C=O) groups excluding carboxylic acids is 3. The van der Waals surface area contributed by atoms with Crippen molar-refractivity contribution in [3.05, 3.63) is 36.0 Å². The van der Waals surface area contributed by atoms with Crippen LogP contribution in [-0.4, -0.2) is 72.7 Å². The number of ether oxygens (including phenoxy) is 4. The number of carbonyl (C=O) groups is 3. The largest absolute Gasteiger partial charge is 0.469 e. The van der Waals surface area contributed by atoms with Crippen molar-refractivity contribution in [3.8, 4) is 0 Å². The van der Waals surface area contributed by atoms with Crippen molar-refractivity contribution < 1.29 is 38.4 Å². The van der Waals surface area contributed by atoms with Gasteiger partial charge in [-0.15, -0.1) is 0 Å². The fourth-order valence-corrected chi connectivity index (χ4v) is 5.55. The number of nitrogens with one attached hydrogen (secondary N) is 1. The van der Waals surface area contributed by atoms with Crippen molar-refractivity contribution in [2.45, 2.75) is 116 Å². The molecule has 3 fully saturated rings. The Morgan fingerprint density at radius 1 is 1.15 bits per heavy atom. The predicted octanol–water partition coefficient (Wildman–Crippen LogP) is 3.55. The first-order valence-electron chi connectivity index (χ1n) is 14.0. The highest BCUT2D eigenvalue weighted by molar-refractivity contribution is 5.87. The molecular weight excluding hydrogens is 502 g/mol. The van der Waals surface area contributed by atoms with E-state index in [1.165, 1.54) is 20.1 Å². The van der Waals surface area contributed by atoms with E-state index in [1.54, 1.807) is 13.0 Å². The zero-order valence-corrected chi connectivity index (χ0v) is 24.1. The van der Waals surface area contributed by atoms with E-state index in [0.717, 1.165) is 31.3 Å². The zero-order valence-electron chi connectivity index (χ0n) is 24.1. The van der Waals surface area contributed by atoms with Crippen LogP contribution in [0.5, 0.6) is 0 Å². The molecule has 1 spiro atoms. The Kier molecular flexibility index (Phi) is 10.9. The van der Waals surface area contributed by atoms with Gasteiger partial charge in [-0.3, -0.25) is 14.4 Å². The molecule has 39 heavy (non-hydrogen) atoms. The number of methoxy groups -OCH3 is 1. The SMILES string of the molecule is COC(=O)C[C@@H]1CC2(CC2)[C@H](O)[C@@H](/C=C/C(C)=C/C[C@@H]2O[C@H](C)[C@H](NC(=O)/C=C\[C@H](C)OC(C)=O)C[C@@H]2C)O1. The molecule has 2 N–H and O–H groups in total. The number of allylic oxidation sites excluding steroid dienone is 2. The predicted molar refractivity (Wildman–Crippen MR) is 146 cm³/mol. The molecule has 9 nitrogen and oxygen atoms in total. The van der Waals surface area contributed by atoms with Crippen LogP contribution in [0.3, 0.4) is 0 Å². The first-order chi connectivity index (χ1) is 18.4. The molecule has 8 atom stereocenters. The molecule has 0 unspecified atom stereocenters. The van der Waals surface area contributed by atoms with Gasteiger partial charge in [-0.2, -0.15) is 0 Å². The van der Waals surface area contributed by atoms with Gasteiger partial charge in [0.2, 0.25) is 5.91 Å². The Bertz CT molecular complexity index is 968. The molecule has 3 rings (SSSR count). The maximum absolute atomic E-state index is 12.3. The van der Waals surface area contributed by atoms with Crippen LogP contribution in [0.25, 0.3) is 0 Å². The van der Waals surface area contributed by atoms with Crippen LogP contribution in [0, 0.1) is 11.3 Å². The summed E-state index contributed by atoms with van der Waals surface area (Å²) in [6.45, 7) is 9.12. The second kappa shape index (κ2) is 13.7. The molecule has 0 bridgehead atoms. The second-order valence-electron chi connectivity index (χ2n) is 11.4. The highest BCUT2D eigenvalue weighted by Crippen LogP contribution is 2.56. The molecule has 9 heteroatoms. The van der Waals surface area contributed by atoms with Crippen molar-refractivity contribution in [2.75, 3.05) is 7.11 Å². The molecule has 2 aliphatic heterocycles. The minimum atomic E-state index is -0.579. The van der Waals surface area contributed by atoms with Crippen LogP contribution in [0.1, 0.15) is 73.1 Å². The van der Waals surface area contributed by atoms with E-state index in [4.69, 9.17) is 18.9 Å². The maximum Gasteiger partial charge on any atom is 0.308 e. The minimum absolute atomic E-state index is 0.0201. The number of aliphatic hydroxyl groups is 1. The zero-order chi connectivity index (χ0) is 28.7. The minimum Gasteiger partial charge on any atom is -0.469 e. The van der Waals surface area contributed by atoms with E-state index in [1.807, 2.05) is 26.0 Å². The van der Waals surface area contributed by atoms with Gasteiger partial charge in [-0.05, 0) is 64.9 Å². The number of rotatable bonds is 10. The van der Waals surface area contributed by atoms with Crippen LogP contribution in [0.2, 0.25) is 0 Å². The number of esters is 2. The highest BCUT2D eigenvalue weighted by atomic mass is 16.5. The summed E-state index contributed by atoms with van der Waals surface area (Å²) < 4.78 is 22.1. The lowest BCUT2D eigenvalue weighted by molar-refractivity contribution is -0.158. The number of aliphatic hydroxyl groups excluding tert-OH is 1. The van der Waals surface area contributed by atoms with E-state index >= 15 is 0 Å². The van der Waals surface area contributed by atoms with Gasteiger partial charge < -0.3 is 29.4 Å². The van der Waals surface area contributed by atoms with Gasteiger partial charge in [0.05, 0.1) is 44.0 Å². The standard InChI is InChI=1S/C30H45NO8/c1-18(8-11-26-29(35)30(13-14-30)17-23(39-26)16-28(34)36-6)7-10-25-19(2)15-24(21(4)38-25)31-27(33)12-9-20(3)37-22(5)32/h7-9,11-12,19-21,23-26,29,35H,10,13-17H2,1-6H3,(H,31,33)/b11-8+,12-9-,18-7+/t19-,20-,21+,23+,24+,25-,26+,29+/m0/s1. The first-order valence-corrected chi connectivity index (χ1v) is 14.0. The Labute approximate surface area is 232 Å². The normalized spacial score (nSPS) is 33.2. The third kappa shape index (κ3) is 9.01. The van der Waals surface area contributed by atoms with Gasteiger partial charge in [0.1, 0.15) is 12.2 Å². The summed E-state index contributed by atoms with van der Waals surface area (Å²) in [7, 11) is 1.38. The quantitative estimate of drug-likeness (QED) is 0.242. The van der Waals surface area contributed by atoms with Gasteiger partial charge in [0.25, 0.3) is 0 Å². The summed E-state index contributed by atoms with van der Waals surface area (Å²) in [5.74, 6) is -0.693.